The number of hydrogen-bond donors (Lipinski definition) is 2. The molecule has 126 valence electrons. The van der Waals surface area contributed by atoms with Gasteiger partial charge in [0.05, 0.1) is 19.8 Å². The summed E-state index contributed by atoms with van der Waals surface area (Å²) in [5.41, 5.74) is 7.02. The first-order valence-corrected chi connectivity index (χ1v) is 8.55. The zero-order valence-corrected chi connectivity index (χ0v) is 13.5. The van der Waals surface area contributed by atoms with E-state index in [1.165, 1.54) is 25.7 Å². The van der Waals surface area contributed by atoms with Crippen molar-refractivity contribution in [2.75, 3.05) is 13.2 Å². The summed E-state index contributed by atoms with van der Waals surface area (Å²) in [7, 11) is 0. The first-order valence-electron chi connectivity index (χ1n) is 8.55. The van der Waals surface area contributed by atoms with Crippen LogP contribution in [0.5, 0.6) is 5.88 Å². The van der Waals surface area contributed by atoms with E-state index in [-0.39, 0.29) is 6.10 Å². The molecule has 2 fully saturated rings. The van der Waals surface area contributed by atoms with Crippen molar-refractivity contribution in [1.82, 2.24) is 10.3 Å². The van der Waals surface area contributed by atoms with Crippen LogP contribution in [-0.4, -0.2) is 36.3 Å². The molecule has 23 heavy (non-hydrogen) atoms. The lowest BCUT2D eigenvalue weighted by Crippen LogP contribution is -2.38. The second kappa shape index (κ2) is 8.15. The molecule has 6 nitrogen and oxygen atoms in total. The maximum absolute atomic E-state index is 5.97. The molecule has 2 heterocycles. The summed E-state index contributed by atoms with van der Waals surface area (Å²) in [6.07, 6.45) is 8.74. The minimum absolute atomic E-state index is 0.198. The van der Waals surface area contributed by atoms with Crippen LogP contribution in [0.2, 0.25) is 0 Å². The summed E-state index contributed by atoms with van der Waals surface area (Å²) in [6.45, 7) is 2.06. The van der Waals surface area contributed by atoms with Gasteiger partial charge in [0, 0.05) is 31.1 Å². The minimum Gasteiger partial charge on any atom is -0.474 e. The molecule has 0 unspecified atom stereocenters. The Labute approximate surface area is 137 Å². The molecule has 1 aromatic heterocycles. The Kier molecular flexibility index (Phi) is 5.69. The number of hydrogen-bond acceptors (Lipinski definition) is 4. The Hall–Kier alpha value is -1.82. The number of nitrogens with one attached hydrogen (secondary N) is 1. The summed E-state index contributed by atoms with van der Waals surface area (Å²) >= 11 is 0. The SMILES string of the molecule is NC(=NCc1ccnc(OC2CCOCC2)c1)NC1CCCC1. The van der Waals surface area contributed by atoms with Crippen molar-refractivity contribution in [3.63, 3.8) is 0 Å². The topological polar surface area (TPSA) is 81.8 Å². The molecule has 1 aliphatic heterocycles. The molecule has 2 aliphatic rings. The summed E-state index contributed by atoms with van der Waals surface area (Å²) < 4.78 is 11.3. The highest BCUT2D eigenvalue weighted by Gasteiger charge is 2.16. The summed E-state index contributed by atoms with van der Waals surface area (Å²) in [6, 6.07) is 4.38. The van der Waals surface area contributed by atoms with Crippen LogP contribution in [0.4, 0.5) is 0 Å². The molecule has 0 amide bonds. The largest absolute Gasteiger partial charge is 0.474 e. The van der Waals surface area contributed by atoms with Crippen molar-refractivity contribution in [2.24, 2.45) is 10.7 Å². The van der Waals surface area contributed by atoms with Crippen molar-refractivity contribution >= 4 is 5.96 Å². The molecule has 0 aromatic carbocycles. The predicted molar refractivity (Wildman–Crippen MR) is 89.4 cm³/mol. The molecule has 1 aromatic rings. The van der Waals surface area contributed by atoms with Crippen LogP contribution < -0.4 is 15.8 Å². The van der Waals surface area contributed by atoms with Gasteiger partial charge in [-0.25, -0.2) is 9.98 Å². The molecule has 1 saturated heterocycles. The minimum atomic E-state index is 0.198. The van der Waals surface area contributed by atoms with Crippen molar-refractivity contribution in [2.45, 2.75) is 57.2 Å². The van der Waals surface area contributed by atoms with E-state index in [0.29, 0.717) is 24.4 Å². The van der Waals surface area contributed by atoms with Gasteiger partial charge in [0.15, 0.2) is 5.96 Å². The van der Waals surface area contributed by atoms with Gasteiger partial charge in [0.25, 0.3) is 0 Å². The average Bonchev–Trinajstić information content (AvgIpc) is 3.07. The van der Waals surface area contributed by atoms with E-state index in [9.17, 15) is 0 Å². The highest BCUT2D eigenvalue weighted by Crippen LogP contribution is 2.18. The third kappa shape index (κ3) is 5.10. The summed E-state index contributed by atoms with van der Waals surface area (Å²) in [5.74, 6) is 1.19. The first kappa shape index (κ1) is 16.1. The van der Waals surface area contributed by atoms with E-state index in [4.69, 9.17) is 15.2 Å². The van der Waals surface area contributed by atoms with E-state index < -0.39 is 0 Å². The number of aliphatic imine (C=N–C) groups is 1. The van der Waals surface area contributed by atoms with Crippen molar-refractivity contribution in [1.29, 1.82) is 0 Å². The van der Waals surface area contributed by atoms with Gasteiger partial charge in [-0.15, -0.1) is 0 Å². The smallest absolute Gasteiger partial charge is 0.213 e. The fourth-order valence-electron chi connectivity index (χ4n) is 3.08. The third-order valence-corrected chi connectivity index (χ3v) is 4.39. The van der Waals surface area contributed by atoms with E-state index in [1.807, 2.05) is 12.1 Å². The van der Waals surface area contributed by atoms with Gasteiger partial charge in [0.2, 0.25) is 5.88 Å². The molecule has 1 saturated carbocycles. The van der Waals surface area contributed by atoms with E-state index in [1.54, 1.807) is 6.20 Å². The number of aromatic nitrogens is 1. The monoisotopic (exact) mass is 318 g/mol. The molecule has 3 N–H and O–H groups in total. The van der Waals surface area contributed by atoms with Gasteiger partial charge in [-0.2, -0.15) is 0 Å². The van der Waals surface area contributed by atoms with Gasteiger partial charge in [-0.3, -0.25) is 0 Å². The fraction of sp³-hybridized carbons (Fsp3) is 0.647. The lowest BCUT2D eigenvalue weighted by atomic mass is 10.1. The van der Waals surface area contributed by atoms with E-state index in [0.717, 1.165) is 31.6 Å². The number of nitrogens with zero attached hydrogens (tertiary/aromatic N) is 2. The quantitative estimate of drug-likeness (QED) is 0.641. The molecular formula is C17H26N4O2. The number of ether oxygens (including phenoxy) is 2. The van der Waals surface area contributed by atoms with Gasteiger partial charge in [-0.05, 0) is 24.5 Å². The van der Waals surface area contributed by atoms with Crippen LogP contribution in [0.1, 0.15) is 44.1 Å². The van der Waals surface area contributed by atoms with E-state index in [2.05, 4.69) is 15.3 Å². The standard InChI is InChI=1S/C17H26N4O2/c18-17(21-14-3-1-2-4-14)20-12-13-5-8-19-16(11-13)23-15-6-9-22-10-7-15/h5,8,11,14-15H,1-4,6-7,9-10,12H2,(H3,18,20,21). The predicted octanol–water partition coefficient (Wildman–Crippen LogP) is 1.99. The third-order valence-electron chi connectivity index (χ3n) is 4.39. The van der Waals surface area contributed by atoms with Crippen molar-refractivity contribution in [3.8, 4) is 5.88 Å². The molecule has 0 spiro atoms. The Morgan fingerprint density at radius 1 is 1.30 bits per heavy atom. The Bertz CT molecular complexity index is 523. The number of pyridine rings is 1. The van der Waals surface area contributed by atoms with Crippen LogP contribution in [0.3, 0.4) is 0 Å². The Morgan fingerprint density at radius 3 is 2.87 bits per heavy atom. The Balaban J connectivity index is 1.52. The number of rotatable bonds is 5. The summed E-state index contributed by atoms with van der Waals surface area (Å²) in [5, 5.41) is 3.30. The van der Waals surface area contributed by atoms with Crippen LogP contribution >= 0.6 is 0 Å². The highest BCUT2D eigenvalue weighted by atomic mass is 16.5. The fourth-order valence-corrected chi connectivity index (χ4v) is 3.08. The molecule has 0 bridgehead atoms. The van der Waals surface area contributed by atoms with Gasteiger partial charge in [-0.1, -0.05) is 12.8 Å². The van der Waals surface area contributed by atoms with E-state index >= 15 is 0 Å². The van der Waals surface area contributed by atoms with Gasteiger partial charge in [0.1, 0.15) is 6.10 Å². The highest BCUT2D eigenvalue weighted by molar-refractivity contribution is 5.78. The molecular weight excluding hydrogens is 292 g/mol. The lowest BCUT2D eigenvalue weighted by molar-refractivity contribution is 0.0237. The maximum atomic E-state index is 5.97. The molecule has 1 aliphatic carbocycles. The second-order valence-electron chi connectivity index (χ2n) is 6.26. The van der Waals surface area contributed by atoms with Gasteiger partial charge < -0.3 is 20.5 Å². The van der Waals surface area contributed by atoms with Crippen LogP contribution in [-0.2, 0) is 11.3 Å². The maximum Gasteiger partial charge on any atom is 0.213 e. The number of guanidine groups is 1. The first-order chi connectivity index (χ1) is 11.3. The average molecular weight is 318 g/mol. The molecule has 0 radical (unpaired) electrons. The zero-order chi connectivity index (χ0) is 15.9. The normalized spacial score (nSPS) is 20.6. The van der Waals surface area contributed by atoms with Crippen LogP contribution in [0.25, 0.3) is 0 Å². The Morgan fingerprint density at radius 2 is 2.09 bits per heavy atom. The molecule has 3 rings (SSSR count). The van der Waals surface area contributed by atoms with Crippen molar-refractivity contribution in [3.05, 3.63) is 23.9 Å². The summed E-state index contributed by atoms with van der Waals surface area (Å²) in [4.78, 5) is 8.71. The van der Waals surface area contributed by atoms with Crippen LogP contribution in [0, 0.1) is 0 Å². The molecule has 6 heteroatoms. The second-order valence-corrected chi connectivity index (χ2v) is 6.26. The zero-order valence-electron chi connectivity index (χ0n) is 13.5. The van der Waals surface area contributed by atoms with Crippen molar-refractivity contribution < 1.29 is 9.47 Å². The number of nitrogens with two attached hydrogens (primary N) is 1. The molecule has 0 atom stereocenters. The lowest BCUT2D eigenvalue weighted by Gasteiger charge is -2.22. The van der Waals surface area contributed by atoms with Gasteiger partial charge >= 0.3 is 0 Å². The van der Waals surface area contributed by atoms with Crippen LogP contribution in [0.15, 0.2) is 23.3 Å².